The molecule has 0 aliphatic heterocycles. The van der Waals surface area contributed by atoms with Gasteiger partial charge in [0.15, 0.2) is 0 Å². The molecule has 0 radical (unpaired) electrons. The minimum atomic E-state index is -3.40. The molecule has 0 saturated heterocycles. The molecule has 0 spiro atoms. The second-order valence-corrected chi connectivity index (χ2v) is 7.19. The largest absolute Gasteiger partial charge is 0.314 e. The lowest BCUT2D eigenvalue weighted by Crippen LogP contribution is -2.31. The first-order chi connectivity index (χ1) is 9.27. The van der Waals surface area contributed by atoms with Gasteiger partial charge in [0, 0.05) is 12.1 Å². The van der Waals surface area contributed by atoms with E-state index >= 15 is 0 Å². The van der Waals surface area contributed by atoms with E-state index in [1.54, 1.807) is 12.1 Å². The number of rotatable bonds is 7. The van der Waals surface area contributed by atoms with Gasteiger partial charge in [-0.25, -0.2) is 13.1 Å². The molecular formula is C15H26N2O2S. The van der Waals surface area contributed by atoms with Crippen LogP contribution in [0.3, 0.4) is 0 Å². The summed E-state index contributed by atoms with van der Waals surface area (Å²) in [5.74, 6) is 0.338. The number of nitrogens with one attached hydrogen (secondary N) is 2. The van der Waals surface area contributed by atoms with Gasteiger partial charge in [-0.1, -0.05) is 26.0 Å². The average Bonchev–Trinajstić information content (AvgIpc) is 2.37. The van der Waals surface area contributed by atoms with Crippen molar-refractivity contribution in [2.45, 2.75) is 57.5 Å². The Balaban J connectivity index is 2.89. The zero-order chi connectivity index (χ0) is 15.3. The number of hydrogen-bond acceptors (Lipinski definition) is 3. The van der Waals surface area contributed by atoms with Crippen LogP contribution in [-0.4, -0.2) is 27.0 Å². The summed E-state index contributed by atoms with van der Waals surface area (Å²) in [5, 5.41) is 3.38. The summed E-state index contributed by atoms with van der Waals surface area (Å²) in [5.41, 5.74) is 1.14. The van der Waals surface area contributed by atoms with Crippen LogP contribution in [0.5, 0.6) is 0 Å². The minimum absolute atomic E-state index is 0.104. The first-order valence-corrected chi connectivity index (χ1v) is 8.62. The molecule has 0 heterocycles. The smallest absolute Gasteiger partial charge is 0.240 e. The Morgan fingerprint density at radius 1 is 1.05 bits per heavy atom. The van der Waals surface area contributed by atoms with Crippen LogP contribution in [0.4, 0.5) is 0 Å². The van der Waals surface area contributed by atoms with Gasteiger partial charge < -0.3 is 5.32 Å². The normalized spacial score (nSPS) is 15.3. The van der Waals surface area contributed by atoms with E-state index in [1.807, 2.05) is 26.0 Å². The fraction of sp³-hybridized carbons (Fsp3) is 0.600. The molecule has 0 fully saturated rings. The molecule has 0 aliphatic rings. The lowest BCUT2D eigenvalue weighted by atomic mass is 9.94. The lowest BCUT2D eigenvalue weighted by molar-refractivity contribution is 0.495. The Hall–Kier alpha value is -0.910. The summed E-state index contributed by atoms with van der Waals surface area (Å²) in [6, 6.07) is 7.40. The van der Waals surface area contributed by atoms with Crippen LogP contribution < -0.4 is 10.0 Å². The highest BCUT2D eigenvalue weighted by atomic mass is 32.2. The van der Waals surface area contributed by atoms with Crippen molar-refractivity contribution in [3.8, 4) is 0 Å². The van der Waals surface area contributed by atoms with E-state index in [0.717, 1.165) is 12.1 Å². The molecule has 5 heteroatoms. The van der Waals surface area contributed by atoms with Crippen molar-refractivity contribution in [1.29, 1.82) is 0 Å². The van der Waals surface area contributed by atoms with Crippen LogP contribution in [0.25, 0.3) is 0 Å². The van der Waals surface area contributed by atoms with Crippen molar-refractivity contribution in [2.75, 3.05) is 6.54 Å². The summed E-state index contributed by atoms with van der Waals surface area (Å²) in [4.78, 5) is 0.318. The first-order valence-electron chi connectivity index (χ1n) is 7.13. The summed E-state index contributed by atoms with van der Waals surface area (Å²) < 4.78 is 26.7. The van der Waals surface area contributed by atoms with E-state index in [0.29, 0.717) is 16.9 Å². The highest BCUT2D eigenvalue weighted by molar-refractivity contribution is 7.89. The molecule has 1 aromatic rings. The van der Waals surface area contributed by atoms with Gasteiger partial charge in [-0.05, 0) is 50.9 Å². The fourth-order valence-electron chi connectivity index (χ4n) is 2.12. The molecule has 20 heavy (non-hydrogen) atoms. The SMILES string of the molecule is CCNC(C)C(C)c1ccc(S(=O)(=O)NC(C)C)cc1. The van der Waals surface area contributed by atoms with Crippen molar-refractivity contribution in [3.05, 3.63) is 29.8 Å². The molecule has 1 rings (SSSR count). The van der Waals surface area contributed by atoms with Gasteiger partial charge in [0.2, 0.25) is 10.0 Å². The standard InChI is InChI=1S/C15H26N2O2S/c1-6-16-13(5)12(4)14-7-9-15(10-8-14)20(18,19)17-11(2)3/h7-13,16-17H,6H2,1-5H3. The lowest BCUT2D eigenvalue weighted by Gasteiger charge is -2.21. The maximum Gasteiger partial charge on any atom is 0.240 e. The fourth-order valence-corrected chi connectivity index (χ4v) is 3.37. The third-order valence-corrected chi connectivity index (χ3v) is 5.06. The number of likely N-dealkylation sites (N-methyl/N-ethyl adjacent to an activating group) is 1. The third-order valence-electron chi connectivity index (χ3n) is 3.38. The van der Waals surface area contributed by atoms with Gasteiger partial charge in [-0.3, -0.25) is 0 Å². The van der Waals surface area contributed by atoms with Crippen molar-refractivity contribution < 1.29 is 8.42 Å². The van der Waals surface area contributed by atoms with Crippen LogP contribution in [0.2, 0.25) is 0 Å². The van der Waals surface area contributed by atoms with Crippen LogP contribution in [0.15, 0.2) is 29.2 Å². The maximum atomic E-state index is 12.0. The summed E-state index contributed by atoms with van der Waals surface area (Å²) in [6.07, 6.45) is 0. The van der Waals surface area contributed by atoms with Crippen LogP contribution in [0, 0.1) is 0 Å². The molecule has 0 amide bonds. The van der Waals surface area contributed by atoms with E-state index < -0.39 is 10.0 Å². The Morgan fingerprint density at radius 3 is 2.05 bits per heavy atom. The van der Waals surface area contributed by atoms with Gasteiger partial charge >= 0.3 is 0 Å². The van der Waals surface area contributed by atoms with Crippen LogP contribution >= 0.6 is 0 Å². The maximum absolute atomic E-state index is 12.0. The Kier molecular flexibility index (Phi) is 6.17. The van der Waals surface area contributed by atoms with Gasteiger partial charge in [0.25, 0.3) is 0 Å². The molecule has 2 N–H and O–H groups in total. The molecule has 0 bridgehead atoms. The molecule has 0 saturated carbocycles. The second kappa shape index (κ2) is 7.20. The molecule has 1 aromatic carbocycles. The number of hydrogen-bond donors (Lipinski definition) is 2. The monoisotopic (exact) mass is 298 g/mol. The highest BCUT2D eigenvalue weighted by Crippen LogP contribution is 2.21. The van der Waals surface area contributed by atoms with Crippen molar-refractivity contribution >= 4 is 10.0 Å². The van der Waals surface area contributed by atoms with E-state index in [9.17, 15) is 8.42 Å². The van der Waals surface area contributed by atoms with Crippen LogP contribution in [0.1, 0.15) is 46.1 Å². The molecule has 2 unspecified atom stereocenters. The molecule has 0 aliphatic carbocycles. The number of benzene rings is 1. The summed E-state index contributed by atoms with van der Waals surface area (Å²) >= 11 is 0. The molecule has 114 valence electrons. The quantitative estimate of drug-likeness (QED) is 0.813. The Labute approximate surface area is 123 Å². The Morgan fingerprint density at radius 2 is 1.60 bits per heavy atom. The predicted molar refractivity (Wildman–Crippen MR) is 83.5 cm³/mol. The highest BCUT2D eigenvalue weighted by Gasteiger charge is 2.17. The predicted octanol–water partition coefficient (Wildman–Crippen LogP) is 2.47. The summed E-state index contributed by atoms with van der Waals surface area (Å²) in [7, 11) is -3.40. The topological polar surface area (TPSA) is 58.2 Å². The van der Waals surface area contributed by atoms with E-state index in [-0.39, 0.29) is 6.04 Å². The number of sulfonamides is 1. The van der Waals surface area contributed by atoms with E-state index in [1.165, 1.54) is 0 Å². The van der Waals surface area contributed by atoms with Gasteiger partial charge in [-0.15, -0.1) is 0 Å². The average molecular weight is 298 g/mol. The third kappa shape index (κ3) is 4.58. The Bertz CT molecular complexity index is 509. The minimum Gasteiger partial charge on any atom is -0.314 e. The van der Waals surface area contributed by atoms with Crippen molar-refractivity contribution in [2.24, 2.45) is 0 Å². The molecule has 0 aromatic heterocycles. The van der Waals surface area contributed by atoms with Gasteiger partial charge in [0.05, 0.1) is 4.90 Å². The van der Waals surface area contributed by atoms with Crippen LogP contribution in [-0.2, 0) is 10.0 Å². The first kappa shape index (κ1) is 17.1. The van der Waals surface area contributed by atoms with E-state index in [4.69, 9.17) is 0 Å². The second-order valence-electron chi connectivity index (χ2n) is 5.48. The zero-order valence-electron chi connectivity index (χ0n) is 13.0. The van der Waals surface area contributed by atoms with Gasteiger partial charge in [-0.2, -0.15) is 0 Å². The van der Waals surface area contributed by atoms with Crippen molar-refractivity contribution in [1.82, 2.24) is 10.0 Å². The molecule has 4 nitrogen and oxygen atoms in total. The van der Waals surface area contributed by atoms with Crippen molar-refractivity contribution in [3.63, 3.8) is 0 Å². The zero-order valence-corrected chi connectivity index (χ0v) is 13.8. The molecule has 2 atom stereocenters. The molecular weight excluding hydrogens is 272 g/mol. The van der Waals surface area contributed by atoms with E-state index in [2.05, 4.69) is 30.8 Å². The summed E-state index contributed by atoms with van der Waals surface area (Å²) in [6.45, 7) is 10.9. The van der Waals surface area contributed by atoms with Gasteiger partial charge in [0.1, 0.15) is 0 Å².